The SMILES string of the molecule is C#CCn1cnc(-c2c(C)nn(C)c2OC)c1N. The van der Waals surface area contributed by atoms with Gasteiger partial charge in [-0.15, -0.1) is 6.42 Å². The second-order valence-corrected chi connectivity index (χ2v) is 3.90. The number of aryl methyl sites for hydroxylation is 2. The molecular formula is C12H15N5O. The van der Waals surface area contributed by atoms with E-state index < -0.39 is 0 Å². The van der Waals surface area contributed by atoms with Crippen LogP contribution < -0.4 is 10.5 Å². The Morgan fingerprint density at radius 2 is 2.28 bits per heavy atom. The van der Waals surface area contributed by atoms with E-state index in [0.29, 0.717) is 23.9 Å². The molecule has 0 aliphatic heterocycles. The lowest BCUT2D eigenvalue weighted by atomic mass is 10.2. The Hall–Kier alpha value is -2.42. The van der Waals surface area contributed by atoms with Crippen molar-refractivity contribution in [1.29, 1.82) is 0 Å². The second kappa shape index (κ2) is 4.45. The molecule has 2 heterocycles. The minimum atomic E-state index is 0.389. The normalized spacial score (nSPS) is 10.3. The molecule has 0 saturated heterocycles. The van der Waals surface area contributed by atoms with Gasteiger partial charge in [-0.3, -0.25) is 0 Å². The van der Waals surface area contributed by atoms with Crippen LogP contribution in [0.25, 0.3) is 11.3 Å². The van der Waals surface area contributed by atoms with E-state index in [4.69, 9.17) is 16.9 Å². The van der Waals surface area contributed by atoms with Gasteiger partial charge in [0.2, 0.25) is 5.88 Å². The number of nitrogen functional groups attached to an aromatic ring is 1. The molecule has 0 radical (unpaired) electrons. The van der Waals surface area contributed by atoms with Crippen LogP contribution in [0, 0.1) is 19.3 Å². The highest BCUT2D eigenvalue weighted by Crippen LogP contribution is 2.34. The average Bonchev–Trinajstić information content (AvgIpc) is 2.81. The maximum atomic E-state index is 6.04. The Labute approximate surface area is 105 Å². The van der Waals surface area contributed by atoms with Crippen molar-refractivity contribution in [3.8, 4) is 29.5 Å². The number of terminal acetylenes is 1. The topological polar surface area (TPSA) is 70.9 Å². The summed E-state index contributed by atoms with van der Waals surface area (Å²) in [7, 11) is 3.40. The molecule has 0 aliphatic rings. The summed E-state index contributed by atoms with van der Waals surface area (Å²) in [6.45, 7) is 2.28. The summed E-state index contributed by atoms with van der Waals surface area (Å²) < 4.78 is 8.70. The molecule has 6 heteroatoms. The van der Waals surface area contributed by atoms with E-state index in [2.05, 4.69) is 16.0 Å². The molecule has 0 aromatic carbocycles. The zero-order valence-corrected chi connectivity index (χ0v) is 10.6. The van der Waals surface area contributed by atoms with Gasteiger partial charge in [0.25, 0.3) is 0 Å². The number of ether oxygens (including phenoxy) is 1. The highest BCUT2D eigenvalue weighted by molar-refractivity contribution is 5.76. The number of nitrogens with zero attached hydrogens (tertiary/aromatic N) is 4. The summed E-state index contributed by atoms with van der Waals surface area (Å²) in [6.07, 6.45) is 6.89. The lowest BCUT2D eigenvalue weighted by Crippen LogP contribution is -2.01. The number of anilines is 1. The van der Waals surface area contributed by atoms with E-state index in [1.807, 2.05) is 14.0 Å². The molecule has 0 unspecified atom stereocenters. The Bertz CT molecular complexity index is 617. The summed E-state index contributed by atoms with van der Waals surface area (Å²) in [6, 6.07) is 0. The molecule has 2 aromatic rings. The molecule has 2 aromatic heterocycles. The van der Waals surface area contributed by atoms with E-state index in [0.717, 1.165) is 11.3 Å². The maximum absolute atomic E-state index is 6.04. The van der Waals surface area contributed by atoms with E-state index in [9.17, 15) is 0 Å². The van der Waals surface area contributed by atoms with Gasteiger partial charge in [0, 0.05) is 7.05 Å². The Morgan fingerprint density at radius 1 is 1.56 bits per heavy atom. The summed E-state index contributed by atoms with van der Waals surface area (Å²) in [5.74, 6) is 3.67. The van der Waals surface area contributed by atoms with Crippen LogP contribution in [-0.2, 0) is 13.6 Å². The highest BCUT2D eigenvalue weighted by atomic mass is 16.5. The van der Waals surface area contributed by atoms with Gasteiger partial charge in [0.1, 0.15) is 11.5 Å². The number of methoxy groups -OCH3 is 1. The molecule has 0 spiro atoms. The molecule has 94 valence electrons. The van der Waals surface area contributed by atoms with Crippen molar-refractivity contribution in [3.63, 3.8) is 0 Å². The van der Waals surface area contributed by atoms with Crippen LogP contribution in [-0.4, -0.2) is 26.4 Å². The fourth-order valence-electron chi connectivity index (χ4n) is 1.95. The van der Waals surface area contributed by atoms with Gasteiger partial charge in [-0.25, -0.2) is 9.67 Å². The van der Waals surface area contributed by atoms with Gasteiger partial charge in [-0.05, 0) is 6.92 Å². The van der Waals surface area contributed by atoms with Crippen molar-refractivity contribution in [2.45, 2.75) is 13.5 Å². The molecule has 2 rings (SSSR count). The average molecular weight is 245 g/mol. The molecule has 0 fully saturated rings. The Morgan fingerprint density at radius 3 is 2.89 bits per heavy atom. The molecular weight excluding hydrogens is 230 g/mol. The number of rotatable bonds is 3. The van der Waals surface area contributed by atoms with E-state index in [1.54, 1.807) is 22.7 Å². The first-order valence-corrected chi connectivity index (χ1v) is 5.42. The van der Waals surface area contributed by atoms with E-state index in [1.165, 1.54) is 0 Å². The van der Waals surface area contributed by atoms with Crippen molar-refractivity contribution in [3.05, 3.63) is 12.0 Å². The monoisotopic (exact) mass is 245 g/mol. The number of aromatic nitrogens is 4. The number of nitrogens with two attached hydrogens (primary N) is 1. The molecule has 18 heavy (non-hydrogen) atoms. The highest BCUT2D eigenvalue weighted by Gasteiger charge is 2.21. The first-order valence-electron chi connectivity index (χ1n) is 5.42. The zero-order chi connectivity index (χ0) is 13.3. The second-order valence-electron chi connectivity index (χ2n) is 3.90. The molecule has 0 atom stereocenters. The first-order chi connectivity index (χ1) is 8.60. The molecule has 2 N–H and O–H groups in total. The van der Waals surface area contributed by atoms with E-state index in [-0.39, 0.29) is 0 Å². The van der Waals surface area contributed by atoms with Crippen LogP contribution in [0.2, 0.25) is 0 Å². The molecule has 0 aliphatic carbocycles. The van der Waals surface area contributed by atoms with Crippen molar-refractivity contribution in [1.82, 2.24) is 19.3 Å². The minimum Gasteiger partial charge on any atom is -0.481 e. The van der Waals surface area contributed by atoms with Crippen molar-refractivity contribution < 1.29 is 4.74 Å². The maximum Gasteiger partial charge on any atom is 0.221 e. The lowest BCUT2D eigenvalue weighted by molar-refractivity contribution is 0.374. The van der Waals surface area contributed by atoms with Gasteiger partial charge in [-0.2, -0.15) is 5.10 Å². The summed E-state index contributed by atoms with van der Waals surface area (Å²) >= 11 is 0. The zero-order valence-electron chi connectivity index (χ0n) is 10.6. The Kier molecular flexibility index (Phi) is 2.98. The third-order valence-electron chi connectivity index (χ3n) is 2.74. The van der Waals surface area contributed by atoms with Gasteiger partial charge in [0.15, 0.2) is 0 Å². The predicted molar refractivity (Wildman–Crippen MR) is 69.0 cm³/mol. The standard InChI is InChI=1S/C12H15N5O/c1-5-6-17-7-14-10(11(17)13)9-8(2)15-16(3)12(9)18-4/h1,7H,6,13H2,2-4H3. The fraction of sp³-hybridized carbons (Fsp3) is 0.333. The predicted octanol–water partition coefficient (Wildman–Crippen LogP) is 0.816. The smallest absolute Gasteiger partial charge is 0.221 e. The van der Waals surface area contributed by atoms with Crippen molar-refractivity contribution >= 4 is 5.82 Å². The van der Waals surface area contributed by atoms with Crippen molar-refractivity contribution in [2.75, 3.05) is 12.8 Å². The fourth-order valence-corrected chi connectivity index (χ4v) is 1.95. The summed E-state index contributed by atoms with van der Waals surface area (Å²) in [5, 5.41) is 4.30. The molecule has 0 bridgehead atoms. The van der Waals surface area contributed by atoms with Crippen LogP contribution >= 0.6 is 0 Å². The summed E-state index contributed by atoms with van der Waals surface area (Å²) in [5.41, 5.74) is 8.29. The number of hydrogen-bond donors (Lipinski definition) is 1. The third-order valence-corrected chi connectivity index (χ3v) is 2.74. The van der Waals surface area contributed by atoms with Crippen LogP contribution in [0.5, 0.6) is 5.88 Å². The van der Waals surface area contributed by atoms with Crippen LogP contribution in [0.3, 0.4) is 0 Å². The molecule has 0 saturated carbocycles. The summed E-state index contributed by atoms with van der Waals surface area (Å²) in [4.78, 5) is 4.30. The van der Waals surface area contributed by atoms with Crippen LogP contribution in [0.1, 0.15) is 5.69 Å². The first kappa shape index (κ1) is 12.0. The molecule has 0 amide bonds. The van der Waals surface area contributed by atoms with E-state index >= 15 is 0 Å². The van der Waals surface area contributed by atoms with Gasteiger partial charge >= 0.3 is 0 Å². The van der Waals surface area contributed by atoms with Gasteiger partial charge in [-0.1, -0.05) is 5.92 Å². The third kappa shape index (κ3) is 1.70. The van der Waals surface area contributed by atoms with Gasteiger partial charge < -0.3 is 15.0 Å². The largest absolute Gasteiger partial charge is 0.481 e. The van der Waals surface area contributed by atoms with Crippen molar-refractivity contribution in [2.24, 2.45) is 7.05 Å². The van der Waals surface area contributed by atoms with Crippen LogP contribution in [0.4, 0.5) is 5.82 Å². The Balaban J connectivity index is 2.59. The van der Waals surface area contributed by atoms with Gasteiger partial charge in [0.05, 0.1) is 31.2 Å². The minimum absolute atomic E-state index is 0.389. The quantitative estimate of drug-likeness (QED) is 0.812. The number of hydrogen-bond acceptors (Lipinski definition) is 4. The molecule has 6 nitrogen and oxygen atoms in total. The lowest BCUT2D eigenvalue weighted by Gasteiger charge is -2.04. The van der Waals surface area contributed by atoms with Crippen LogP contribution in [0.15, 0.2) is 6.33 Å². The number of imidazole rings is 1.